The smallest absolute Gasteiger partial charge is 0.344 e. The molecule has 0 aliphatic carbocycles. The van der Waals surface area contributed by atoms with E-state index in [1.54, 1.807) is 12.1 Å². The van der Waals surface area contributed by atoms with Crippen LogP contribution < -0.4 is 10.9 Å². The fourth-order valence-corrected chi connectivity index (χ4v) is 1.90. The van der Waals surface area contributed by atoms with Gasteiger partial charge in [-0.3, -0.25) is 9.78 Å². The summed E-state index contributed by atoms with van der Waals surface area (Å²) in [5, 5.41) is 3.09. The van der Waals surface area contributed by atoms with Crippen molar-refractivity contribution >= 4 is 22.4 Å². The highest BCUT2D eigenvalue weighted by molar-refractivity contribution is 6.03. The highest BCUT2D eigenvalue weighted by atomic mass is 19.1. The quantitative estimate of drug-likeness (QED) is 0.785. The van der Waals surface area contributed by atoms with Crippen LogP contribution in [0.25, 0.3) is 10.8 Å². The number of carbonyl (C=O) groups excluding carboxylic acids is 1. The van der Waals surface area contributed by atoms with Crippen LogP contribution in [-0.4, -0.2) is 10.9 Å². The maximum absolute atomic E-state index is 13.2. The van der Waals surface area contributed by atoms with Gasteiger partial charge in [-0.05, 0) is 41.8 Å². The van der Waals surface area contributed by atoms with Gasteiger partial charge in [-0.1, -0.05) is 0 Å². The molecule has 5 nitrogen and oxygen atoms in total. The highest BCUT2D eigenvalue weighted by Gasteiger charge is 2.12. The van der Waals surface area contributed by atoms with Gasteiger partial charge >= 0.3 is 5.63 Å². The van der Waals surface area contributed by atoms with E-state index in [0.29, 0.717) is 11.1 Å². The molecule has 0 bridgehead atoms. The Hall–Kier alpha value is -3.02. The minimum Gasteiger partial charge on any atom is -0.417 e. The normalized spacial score (nSPS) is 10.5. The SMILES string of the molecule is O=C(Nc1ccncc1)c1cc2cc(F)ccc2c(=O)o1. The minimum atomic E-state index is -0.688. The number of fused-ring (bicyclic) bond motifs is 1. The molecule has 0 unspecified atom stereocenters. The van der Waals surface area contributed by atoms with Gasteiger partial charge in [-0.15, -0.1) is 0 Å². The van der Waals surface area contributed by atoms with Crippen molar-refractivity contribution in [3.8, 4) is 0 Å². The third-order valence-corrected chi connectivity index (χ3v) is 2.88. The number of benzene rings is 1. The lowest BCUT2D eigenvalue weighted by molar-refractivity contribution is 0.0993. The molecule has 2 aromatic heterocycles. The van der Waals surface area contributed by atoms with Crippen LogP contribution in [0.5, 0.6) is 0 Å². The zero-order chi connectivity index (χ0) is 14.8. The Morgan fingerprint density at radius 2 is 1.90 bits per heavy atom. The Labute approximate surface area is 118 Å². The van der Waals surface area contributed by atoms with E-state index in [1.165, 1.54) is 30.6 Å². The summed E-state index contributed by atoms with van der Waals surface area (Å²) in [6.07, 6.45) is 3.03. The van der Waals surface area contributed by atoms with E-state index >= 15 is 0 Å². The van der Waals surface area contributed by atoms with Crippen LogP contribution in [-0.2, 0) is 0 Å². The van der Waals surface area contributed by atoms with Crippen molar-refractivity contribution in [2.45, 2.75) is 0 Å². The maximum Gasteiger partial charge on any atom is 0.344 e. The Kier molecular flexibility index (Phi) is 3.19. The molecule has 3 aromatic rings. The van der Waals surface area contributed by atoms with E-state index in [4.69, 9.17) is 4.42 Å². The molecule has 0 saturated heterocycles. The third kappa shape index (κ3) is 2.64. The fourth-order valence-electron chi connectivity index (χ4n) is 1.90. The molecule has 0 saturated carbocycles. The number of amides is 1. The molecule has 1 aromatic carbocycles. The molecule has 104 valence electrons. The van der Waals surface area contributed by atoms with E-state index in [2.05, 4.69) is 10.3 Å². The van der Waals surface area contributed by atoms with Crippen LogP contribution in [0.1, 0.15) is 10.6 Å². The number of pyridine rings is 1. The lowest BCUT2D eigenvalue weighted by Crippen LogP contribution is -2.15. The number of hydrogen-bond donors (Lipinski definition) is 1. The molecule has 6 heteroatoms. The number of aromatic nitrogens is 1. The van der Waals surface area contributed by atoms with Crippen molar-refractivity contribution in [1.82, 2.24) is 4.98 Å². The van der Waals surface area contributed by atoms with Crippen LogP contribution >= 0.6 is 0 Å². The van der Waals surface area contributed by atoms with E-state index < -0.39 is 17.3 Å². The van der Waals surface area contributed by atoms with Crippen LogP contribution in [0.15, 0.2) is 58.0 Å². The lowest BCUT2D eigenvalue weighted by atomic mass is 10.1. The van der Waals surface area contributed by atoms with Gasteiger partial charge in [0, 0.05) is 18.1 Å². The summed E-state index contributed by atoms with van der Waals surface area (Å²) in [4.78, 5) is 27.6. The Morgan fingerprint density at radius 3 is 2.67 bits per heavy atom. The number of carbonyl (C=O) groups is 1. The molecule has 0 spiro atoms. The summed E-state index contributed by atoms with van der Waals surface area (Å²) in [7, 11) is 0. The van der Waals surface area contributed by atoms with Crippen molar-refractivity contribution < 1.29 is 13.6 Å². The Balaban J connectivity index is 2.00. The summed E-state index contributed by atoms with van der Waals surface area (Å²) in [6.45, 7) is 0. The van der Waals surface area contributed by atoms with Crippen molar-refractivity contribution in [3.05, 3.63) is 70.8 Å². The van der Waals surface area contributed by atoms with Gasteiger partial charge in [0.2, 0.25) is 0 Å². The monoisotopic (exact) mass is 284 g/mol. The average Bonchev–Trinajstić information content (AvgIpc) is 2.47. The Morgan fingerprint density at radius 1 is 1.14 bits per heavy atom. The van der Waals surface area contributed by atoms with Crippen molar-refractivity contribution in [3.63, 3.8) is 0 Å². The summed E-state index contributed by atoms with van der Waals surface area (Å²) >= 11 is 0. The predicted molar refractivity (Wildman–Crippen MR) is 74.6 cm³/mol. The maximum atomic E-state index is 13.2. The molecule has 21 heavy (non-hydrogen) atoms. The molecule has 0 aliphatic heterocycles. The van der Waals surface area contributed by atoms with Gasteiger partial charge in [0.1, 0.15) is 5.82 Å². The summed E-state index contributed by atoms with van der Waals surface area (Å²) in [5.41, 5.74) is -0.177. The van der Waals surface area contributed by atoms with Crippen LogP contribution in [0.3, 0.4) is 0 Å². The molecular formula is C15H9FN2O3. The first-order chi connectivity index (χ1) is 10.1. The average molecular weight is 284 g/mol. The highest BCUT2D eigenvalue weighted by Crippen LogP contribution is 2.15. The predicted octanol–water partition coefficient (Wildman–Crippen LogP) is 2.58. The Bertz CT molecular complexity index is 875. The largest absolute Gasteiger partial charge is 0.417 e. The van der Waals surface area contributed by atoms with Crippen LogP contribution in [0, 0.1) is 5.82 Å². The summed E-state index contributed by atoms with van der Waals surface area (Å²) in [5.74, 6) is -1.27. The number of halogens is 1. The van der Waals surface area contributed by atoms with Gasteiger partial charge in [0.25, 0.3) is 5.91 Å². The van der Waals surface area contributed by atoms with Crippen molar-refractivity contribution in [1.29, 1.82) is 0 Å². The molecule has 0 radical (unpaired) electrons. The summed E-state index contributed by atoms with van der Waals surface area (Å²) < 4.78 is 18.2. The van der Waals surface area contributed by atoms with Gasteiger partial charge in [-0.2, -0.15) is 0 Å². The molecule has 2 heterocycles. The van der Waals surface area contributed by atoms with E-state index in [9.17, 15) is 14.0 Å². The summed E-state index contributed by atoms with van der Waals surface area (Å²) in [6, 6.07) is 8.18. The van der Waals surface area contributed by atoms with Gasteiger partial charge in [0.15, 0.2) is 5.76 Å². The first-order valence-electron chi connectivity index (χ1n) is 6.08. The van der Waals surface area contributed by atoms with Crippen molar-refractivity contribution in [2.75, 3.05) is 5.32 Å². The molecule has 0 aliphatic rings. The van der Waals surface area contributed by atoms with Gasteiger partial charge in [0.05, 0.1) is 5.39 Å². The first-order valence-corrected chi connectivity index (χ1v) is 6.08. The number of nitrogens with one attached hydrogen (secondary N) is 1. The van der Waals surface area contributed by atoms with E-state index in [0.717, 1.165) is 6.07 Å². The standard InChI is InChI=1S/C15H9FN2O3/c16-10-1-2-12-9(7-10)8-13(21-15(12)20)14(19)18-11-3-5-17-6-4-11/h1-8H,(H,17,18,19). The third-order valence-electron chi connectivity index (χ3n) is 2.88. The number of nitrogens with zero attached hydrogens (tertiary/aromatic N) is 1. The van der Waals surface area contributed by atoms with E-state index in [-0.39, 0.29) is 11.1 Å². The first kappa shape index (κ1) is 13.0. The molecule has 0 fully saturated rings. The van der Waals surface area contributed by atoms with Gasteiger partial charge < -0.3 is 9.73 Å². The second kappa shape index (κ2) is 5.16. The molecular weight excluding hydrogens is 275 g/mol. The molecule has 3 rings (SSSR count). The lowest BCUT2D eigenvalue weighted by Gasteiger charge is -2.04. The van der Waals surface area contributed by atoms with Crippen LogP contribution in [0.2, 0.25) is 0 Å². The zero-order valence-corrected chi connectivity index (χ0v) is 10.7. The number of hydrogen-bond acceptors (Lipinski definition) is 4. The van der Waals surface area contributed by atoms with Crippen molar-refractivity contribution in [2.24, 2.45) is 0 Å². The van der Waals surface area contributed by atoms with E-state index in [1.807, 2.05) is 0 Å². The topological polar surface area (TPSA) is 72.2 Å². The molecule has 0 atom stereocenters. The second-order valence-electron chi connectivity index (χ2n) is 4.32. The number of anilines is 1. The minimum absolute atomic E-state index is 0.185. The second-order valence-corrected chi connectivity index (χ2v) is 4.32. The van der Waals surface area contributed by atoms with Crippen LogP contribution in [0.4, 0.5) is 10.1 Å². The molecule has 1 amide bonds. The zero-order valence-electron chi connectivity index (χ0n) is 10.7. The molecule has 1 N–H and O–H groups in total. The fraction of sp³-hybridized carbons (Fsp3) is 0. The van der Waals surface area contributed by atoms with Gasteiger partial charge in [-0.25, -0.2) is 9.18 Å². The number of rotatable bonds is 2.